The Balaban J connectivity index is 2.37. The van der Waals surface area contributed by atoms with Crippen LogP contribution in [0.25, 0.3) is 0 Å². The highest BCUT2D eigenvalue weighted by Gasteiger charge is 2.01. The zero-order chi connectivity index (χ0) is 9.68. The second-order valence-corrected chi connectivity index (χ2v) is 3.41. The molecule has 0 bridgehead atoms. The molecule has 1 heterocycles. The molecule has 0 aromatic carbocycles. The van der Waals surface area contributed by atoms with Crippen LogP contribution < -0.4 is 5.32 Å². The molecule has 0 radical (unpaired) electrons. The van der Waals surface area contributed by atoms with Gasteiger partial charge in [-0.2, -0.15) is 0 Å². The number of halogens is 3. The molecule has 1 aromatic rings. The molecule has 0 aliphatic carbocycles. The Morgan fingerprint density at radius 2 is 2.23 bits per heavy atom. The van der Waals surface area contributed by atoms with Crippen LogP contribution in [0.2, 0.25) is 0 Å². The van der Waals surface area contributed by atoms with E-state index in [1.165, 1.54) is 0 Å². The van der Waals surface area contributed by atoms with E-state index in [2.05, 4.69) is 26.2 Å². The topological polar surface area (TPSA) is 24.9 Å². The van der Waals surface area contributed by atoms with Gasteiger partial charge in [0.1, 0.15) is 0 Å². The normalized spacial score (nSPS) is 10.5. The molecule has 1 rings (SSSR count). The number of nitrogens with one attached hydrogen (secondary N) is 1. The Hall–Kier alpha value is -0.710. The Morgan fingerprint density at radius 1 is 1.46 bits per heavy atom. The molecule has 2 nitrogen and oxygen atoms in total. The van der Waals surface area contributed by atoms with Crippen molar-refractivity contribution in [1.82, 2.24) is 4.98 Å². The van der Waals surface area contributed by atoms with Crippen molar-refractivity contribution in [3.63, 3.8) is 0 Å². The van der Waals surface area contributed by atoms with Gasteiger partial charge in [0.05, 0.1) is 11.9 Å². The van der Waals surface area contributed by atoms with Gasteiger partial charge in [-0.15, -0.1) is 0 Å². The molecule has 72 valence electrons. The molecule has 0 aliphatic rings. The van der Waals surface area contributed by atoms with Gasteiger partial charge >= 0.3 is 0 Å². The molecule has 0 fully saturated rings. The number of hydrogen-bond donors (Lipinski definition) is 1. The van der Waals surface area contributed by atoms with Crippen molar-refractivity contribution in [3.05, 3.63) is 22.9 Å². The van der Waals surface area contributed by atoms with Crippen LogP contribution in [-0.4, -0.2) is 18.0 Å². The number of rotatable bonds is 4. The largest absolute Gasteiger partial charge is 0.384 e. The monoisotopic (exact) mass is 250 g/mol. The summed E-state index contributed by atoms with van der Waals surface area (Å²) in [6.45, 7) is 0.260. The van der Waals surface area contributed by atoms with Gasteiger partial charge in [0.25, 0.3) is 0 Å². The molecular weight excluding hydrogens is 242 g/mol. The number of anilines is 1. The lowest BCUT2D eigenvalue weighted by Gasteiger charge is -2.04. The summed E-state index contributed by atoms with van der Waals surface area (Å²) in [5.41, 5.74) is 0.745. The van der Waals surface area contributed by atoms with E-state index in [-0.39, 0.29) is 13.0 Å². The lowest BCUT2D eigenvalue weighted by molar-refractivity contribution is 0.142. The third-order valence-electron chi connectivity index (χ3n) is 1.40. The summed E-state index contributed by atoms with van der Waals surface area (Å²) in [4.78, 5) is 3.89. The lowest BCUT2D eigenvalue weighted by atomic mass is 10.4. The fourth-order valence-electron chi connectivity index (χ4n) is 0.834. The van der Waals surface area contributed by atoms with Gasteiger partial charge in [-0.3, -0.25) is 4.98 Å². The van der Waals surface area contributed by atoms with Gasteiger partial charge in [0.15, 0.2) is 0 Å². The molecule has 0 amide bonds. The van der Waals surface area contributed by atoms with Crippen LogP contribution in [0.4, 0.5) is 14.5 Å². The van der Waals surface area contributed by atoms with Gasteiger partial charge in [-0.25, -0.2) is 8.78 Å². The van der Waals surface area contributed by atoms with Gasteiger partial charge in [-0.05, 0) is 22.0 Å². The molecule has 0 atom stereocenters. The summed E-state index contributed by atoms with van der Waals surface area (Å²) in [7, 11) is 0. The van der Waals surface area contributed by atoms with Crippen molar-refractivity contribution in [1.29, 1.82) is 0 Å². The summed E-state index contributed by atoms with van der Waals surface area (Å²) in [6.07, 6.45) is 0.828. The Labute approximate surface area is 83.5 Å². The minimum Gasteiger partial charge on any atom is -0.384 e. The van der Waals surface area contributed by atoms with Crippen molar-refractivity contribution >= 4 is 21.6 Å². The maximum Gasteiger partial charge on any atom is 0.240 e. The molecule has 1 aromatic heterocycles. The maximum absolute atomic E-state index is 11.8. The molecule has 0 unspecified atom stereocenters. The predicted octanol–water partition coefficient (Wildman–Crippen LogP) is 2.91. The third kappa shape index (κ3) is 4.17. The van der Waals surface area contributed by atoms with E-state index in [4.69, 9.17) is 0 Å². The highest BCUT2D eigenvalue weighted by molar-refractivity contribution is 9.10. The van der Waals surface area contributed by atoms with E-state index in [0.29, 0.717) is 0 Å². The second kappa shape index (κ2) is 5.11. The molecular formula is C8H9BrF2N2. The van der Waals surface area contributed by atoms with E-state index < -0.39 is 6.43 Å². The zero-order valence-electron chi connectivity index (χ0n) is 6.80. The van der Waals surface area contributed by atoms with Crippen molar-refractivity contribution in [3.8, 4) is 0 Å². The van der Waals surface area contributed by atoms with Crippen LogP contribution in [0.3, 0.4) is 0 Å². The lowest BCUT2D eigenvalue weighted by Crippen LogP contribution is -2.06. The Kier molecular flexibility index (Phi) is 4.08. The summed E-state index contributed by atoms with van der Waals surface area (Å²) in [5, 5.41) is 2.84. The molecule has 5 heteroatoms. The molecule has 0 spiro atoms. The van der Waals surface area contributed by atoms with Crippen LogP contribution >= 0.6 is 15.9 Å². The third-order valence-corrected chi connectivity index (χ3v) is 1.83. The molecule has 13 heavy (non-hydrogen) atoms. The van der Waals surface area contributed by atoms with Gasteiger partial charge in [0.2, 0.25) is 6.43 Å². The molecule has 0 saturated heterocycles. The van der Waals surface area contributed by atoms with E-state index in [1.807, 2.05) is 0 Å². The van der Waals surface area contributed by atoms with Gasteiger partial charge < -0.3 is 5.32 Å². The van der Waals surface area contributed by atoms with Crippen molar-refractivity contribution in [2.45, 2.75) is 12.8 Å². The molecule has 0 saturated carbocycles. The van der Waals surface area contributed by atoms with E-state index >= 15 is 0 Å². The van der Waals surface area contributed by atoms with Crippen molar-refractivity contribution in [2.75, 3.05) is 11.9 Å². The summed E-state index contributed by atoms with van der Waals surface area (Å²) in [5.74, 6) is 0. The standard InChI is InChI=1S/C8H9BrF2N2/c9-6-3-7(5-12-4-6)13-2-1-8(10)11/h3-5,8,13H,1-2H2. The minimum absolute atomic E-state index is 0.146. The van der Waals surface area contributed by atoms with Crippen LogP contribution in [0.5, 0.6) is 0 Å². The Bertz CT molecular complexity index is 268. The summed E-state index contributed by atoms with van der Waals surface area (Å²) < 4.78 is 24.3. The predicted molar refractivity (Wildman–Crippen MR) is 51.0 cm³/mol. The first-order valence-electron chi connectivity index (χ1n) is 3.81. The number of nitrogens with zero attached hydrogens (tertiary/aromatic N) is 1. The first-order valence-corrected chi connectivity index (χ1v) is 4.60. The van der Waals surface area contributed by atoms with Crippen molar-refractivity contribution in [2.24, 2.45) is 0 Å². The number of alkyl halides is 2. The second-order valence-electron chi connectivity index (χ2n) is 2.50. The fraction of sp³-hybridized carbons (Fsp3) is 0.375. The first kappa shape index (κ1) is 10.4. The zero-order valence-corrected chi connectivity index (χ0v) is 8.39. The fourth-order valence-corrected chi connectivity index (χ4v) is 1.20. The SMILES string of the molecule is FC(F)CCNc1cncc(Br)c1. The quantitative estimate of drug-likeness (QED) is 0.889. The van der Waals surface area contributed by atoms with Gasteiger partial charge in [-0.1, -0.05) is 0 Å². The van der Waals surface area contributed by atoms with Gasteiger partial charge in [0, 0.05) is 23.6 Å². The summed E-state index contributed by atoms with van der Waals surface area (Å²) in [6, 6.07) is 1.79. The van der Waals surface area contributed by atoms with E-state index in [9.17, 15) is 8.78 Å². The van der Waals surface area contributed by atoms with E-state index in [0.717, 1.165) is 10.2 Å². The van der Waals surface area contributed by atoms with Crippen LogP contribution in [-0.2, 0) is 0 Å². The van der Waals surface area contributed by atoms with Crippen LogP contribution in [0.1, 0.15) is 6.42 Å². The van der Waals surface area contributed by atoms with Crippen LogP contribution in [0, 0.1) is 0 Å². The summed E-state index contributed by atoms with van der Waals surface area (Å²) >= 11 is 3.23. The highest BCUT2D eigenvalue weighted by atomic mass is 79.9. The number of hydrogen-bond acceptors (Lipinski definition) is 2. The van der Waals surface area contributed by atoms with Crippen molar-refractivity contribution < 1.29 is 8.78 Å². The average molecular weight is 251 g/mol. The maximum atomic E-state index is 11.8. The first-order chi connectivity index (χ1) is 6.18. The molecule has 1 N–H and O–H groups in total. The smallest absolute Gasteiger partial charge is 0.240 e. The Morgan fingerprint density at radius 3 is 2.85 bits per heavy atom. The highest BCUT2D eigenvalue weighted by Crippen LogP contribution is 2.13. The minimum atomic E-state index is -2.26. The van der Waals surface area contributed by atoms with E-state index in [1.54, 1.807) is 18.5 Å². The number of pyridine rings is 1. The molecule has 0 aliphatic heterocycles. The number of aromatic nitrogens is 1. The average Bonchev–Trinajstić information content (AvgIpc) is 2.03. The van der Waals surface area contributed by atoms with Crippen LogP contribution in [0.15, 0.2) is 22.9 Å².